The van der Waals surface area contributed by atoms with Crippen LogP contribution in [-0.2, 0) is 24.0 Å². The number of alkyl halides is 3. The van der Waals surface area contributed by atoms with Gasteiger partial charge in [0.15, 0.2) is 23.0 Å². The molecule has 9 rings (SSSR count). The summed E-state index contributed by atoms with van der Waals surface area (Å²) in [5, 5.41) is 8.30. The van der Waals surface area contributed by atoms with Gasteiger partial charge in [-0.1, -0.05) is 44.5 Å². The van der Waals surface area contributed by atoms with Crippen LogP contribution in [0.25, 0.3) is 11.1 Å². The zero-order valence-electron chi connectivity index (χ0n) is 46.1. The van der Waals surface area contributed by atoms with Crippen LogP contribution < -0.4 is 39.6 Å². The Morgan fingerprint density at radius 1 is 0.651 bits per heavy atom. The van der Waals surface area contributed by atoms with Gasteiger partial charge in [-0.3, -0.25) is 48.4 Å². The number of carbonyl (C=O) groups excluding carboxylic acids is 7. The summed E-state index contributed by atoms with van der Waals surface area (Å²) < 4.78 is 65.6. The molecule has 0 fully saturated rings. The van der Waals surface area contributed by atoms with Gasteiger partial charge in [0.25, 0.3) is 23.6 Å². The summed E-state index contributed by atoms with van der Waals surface area (Å²) in [4.78, 5) is 104. The summed E-state index contributed by atoms with van der Waals surface area (Å²) in [6, 6.07) is 16.4. The lowest BCUT2D eigenvalue weighted by molar-refractivity contribution is -0.274. The van der Waals surface area contributed by atoms with Crippen LogP contribution in [0.5, 0.6) is 28.7 Å². The number of imide groups is 1. The van der Waals surface area contributed by atoms with E-state index in [1.54, 1.807) is 86.9 Å². The molecule has 0 spiro atoms. The molecular weight excluding hydrogens is 1080 g/mol. The van der Waals surface area contributed by atoms with Crippen LogP contribution in [0.15, 0.2) is 107 Å². The van der Waals surface area contributed by atoms with Crippen molar-refractivity contribution in [3.63, 3.8) is 0 Å². The van der Waals surface area contributed by atoms with Crippen LogP contribution in [0.3, 0.4) is 0 Å². The molecule has 7 amide bonds. The molecule has 23 heteroatoms. The second kappa shape index (κ2) is 25.2. The molecule has 4 aromatic rings. The van der Waals surface area contributed by atoms with Gasteiger partial charge in [0, 0.05) is 87.0 Å². The normalized spacial score (nSPS) is 17.6. The molecule has 434 valence electrons. The second-order valence-electron chi connectivity index (χ2n) is 20.6. The van der Waals surface area contributed by atoms with E-state index in [4.69, 9.17) is 23.9 Å². The van der Waals surface area contributed by atoms with Crippen molar-refractivity contribution in [2.24, 2.45) is 15.9 Å². The first-order valence-electron chi connectivity index (χ1n) is 27.0. The van der Waals surface area contributed by atoms with Gasteiger partial charge >= 0.3 is 6.36 Å². The number of rotatable bonds is 23. The van der Waals surface area contributed by atoms with E-state index in [-0.39, 0.29) is 79.0 Å². The average Bonchev–Trinajstić information content (AvgIpc) is 2.88. The van der Waals surface area contributed by atoms with Gasteiger partial charge in [0.05, 0.1) is 62.0 Å². The van der Waals surface area contributed by atoms with Gasteiger partial charge in [0.2, 0.25) is 17.7 Å². The molecule has 0 saturated heterocycles. The van der Waals surface area contributed by atoms with E-state index in [1.807, 2.05) is 12.1 Å². The molecule has 0 aromatic heterocycles. The summed E-state index contributed by atoms with van der Waals surface area (Å²) in [5.74, 6) is -1.87. The van der Waals surface area contributed by atoms with E-state index in [0.29, 0.717) is 89.7 Å². The van der Waals surface area contributed by atoms with E-state index in [0.717, 1.165) is 21.6 Å². The smallest absolute Gasteiger partial charge is 0.493 e. The first-order chi connectivity index (χ1) is 39.8. The first-order valence-corrected chi connectivity index (χ1v) is 27.0. The molecule has 4 aromatic carbocycles. The zero-order valence-corrected chi connectivity index (χ0v) is 46.1. The number of carbonyl (C=O) groups is 7. The third kappa shape index (κ3) is 13.7. The second-order valence-corrected chi connectivity index (χ2v) is 20.6. The number of anilines is 1. The number of halogens is 3. The molecule has 3 N–H and O–H groups in total. The Balaban J connectivity index is 0.738. The Hall–Kier alpha value is -9.28. The minimum absolute atomic E-state index is 0.151. The largest absolute Gasteiger partial charge is 0.573 e. The zero-order chi connectivity index (χ0) is 59.1. The number of nitrogens with one attached hydrogen (secondary N) is 3. The van der Waals surface area contributed by atoms with E-state index in [9.17, 15) is 46.7 Å². The molecule has 1 unspecified atom stereocenters. The molecule has 4 atom stereocenters. The van der Waals surface area contributed by atoms with Crippen LogP contribution in [0, 0.1) is 5.92 Å². The van der Waals surface area contributed by atoms with Gasteiger partial charge in [-0.2, -0.15) is 0 Å². The number of nitrogens with zero attached hydrogens (tertiary/aromatic N) is 5. The quantitative estimate of drug-likeness (QED) is 0.0469. The van der Waals surface area contributed by atoms with Crippen LogP contribution in [0.4, 0.5) is 30.2 Å². The van der Waals surface area contributed by atoms with Crippen molar-refractivity contribution in [1.82, 2.24) is 25.3 Å². The summed E-state index contributed by atoms with van der Waals surface area (Å²) >= 11 is 0. The lowest BCUT2D eigenvalue weighted by Crippen LogP contribution is -2.53. The lowest BCUT2D eigenvalue weighted by Gasteiger charge is -2.24. The monoisotopic (exact) mass is 1140 g/mol. The molecule has 5 aliphatic heterocycles. The lowest BCUT2D eigenvalue weighted by atomic mass is 10.0. The third-order valence-corrected chi connectivity index (χ3v) is 14.4. The molecule has 0 bridgehead atoms. The third-order valence-electron chi connectivity index (χ3n) is 14.4. The van der Waals surface area contributed by atoms with Crippen molar-refractivity contribution in [1.29, 1.82) is 0 Å². The maximum absolute atomic E-state index is 14.1. The number of aliphatic imine (C=N–C) groups is 2. The van der Waals surface area contributed by atoms with Gasteiger partial charge in [0.1, 0.15) is 17.8 Å². The van der Waals surface area contributed by atoms with Crippen molar-refractivity contribution in [2.45, 2.75) is 96.2 Å². The average molecular weight is 1140 g/mol. The van der Waals surface area contributed by atoms with Crippen LogP contribution in [0.2, 0.25) is 0 Å². The van der Waals surface area contributed by atoms with Crippen molar-refractivity contribution in [3.8, 4) is 28.7 Å². The fraction of sp³-hybridized carbons (Fsp3) is 0.350. The Bertz CT molecular complexity index is 3340. The molecule has 0 radical (unpaired) electrons. The fourth-order valence-corrected chi connectivity index (χ4v) is 9.99. The minimum atomic E-state index is -4.81. The summed E-state index contributed by atoms with van der Waals surface area (Å²) in [6.45, 7) is 5.78. The van der Waals surface area contributed by atoms with E-state index < -0.39 is 36.3 Å². The minimum Gasteiger partial charge on any atom is -0.493 e. The van der Waals surface area contributed by atoms with Gasteiger partial charge in [-0.15, -0.1) is 13.2 Å². The highest BCUT2D eigenvalue weighted by atomic mass is 19.4. The number of methoxy groups -OCH3 is 2. The fourth-order valence-electron chi connectivity index (χ4n) is 9.99. The highest BCUT2D eigenvalue weighted by Crippen LogP contribution is 2.42. The topological polar surface area (TPSA) is 236 Å². The molecule has 5 aliphatic rings. The molecule has 0 aliphatic carbocycles. The van der Waals surface area contributed by atoms with Crippen molar-refractivity contribution >= 4 is 82.0 Å². The molecular formula is C60H61F3N8O12. The van der Waals surface area contributed by atoms with Crippen LogP contribution >= 0.6 is 0 Å². The number of ether oxygens (including phenoxy) is 5. The first kappa shape index (κ1) is 58.4. The Kier molecular flexibility index (Phi) is 17.8. The number of unbranched alkanes of at least 4 members (excludes halogenated alkanes) is 2. The Morgan fingerprint density at radius 3 is 1.66 bits per heavy atom. The number of amides is 7. The molecule has 83 heavy (non-hydrogen) atoms. The SMILES string of the molecule is COc1cc2c(cc1OCCCOc1cc3c(cc1OC)C(=O)N1C=C(c4ccc(OC(F)(F)F)cc4)C[C@H]1C=N3)N=C[C@@H]1CC(c3ccc(NC(=O)C(C)NC(=O)[C@@H](NC(=O)CCCCCN4C(=O)C=CC4=O)C(C)C)cc3)=CN1C2=O. The number of benzene rings is 4. The molecule has 5 heterocycles. The van der Waals surface area contributed by atoms with E-state index in [1.165, 1.54) is 55.5 Å². The highest BCUT2D eigenvalue weighted by Gasteiger charge is 2.37. The van der Waals surface area contributed by atoms with Crippen LogP contribution in [-0.4, -0.2) is 133 Å². The Morgan fingerprint density at radius 2 is 1.17 bits per heavy atom. The maximum Gasteiger partial charge on any atom is 0.573 e. The van der Waals surface area contributed by atoms with Crippen molar-refractivity contribution in [2.75, 3.05) is 39.3 Å². The van der Waals surface area contributed by atoms with Crippen LogP contribution in [0.1, 0.15) is 97.6 Å². The highest BCUT2D eigenvalue weighted by molar-refractivity contribution is 6.13. The molecule has 20 nitrogen and oxygen atoms in total. The number of hydrogen-bond acceptors (Lipinski definition) is 14. The van der Waals surface area contributed by atoms with Gasteiger partial charge in [-0.25, -0.2) is 0 Å². The number of fused-ring (bicyclic) bond motifs is 4. The maximum atomic E-state index is 14.1. The van der Waals surface area contributed by atoms with E-state index >= 15 is 0 Å². The van der Waals surface area contributed by atoms with Crippen molar-refractivity contribution < 1.29 is 70.4 Å². The predicted octanol–water partition coefficient (Wildman–Crippen LogP) is 8.46. The predicted molar refractivity (Wildman–Crippen MR) is 300 cm³/mol. The van der Waals surface area contributed by atoms with E-state index in [2.05, 4.69) is 25.7 Å². The standard InChI is InChI=1S/C60H61F3N8O12/c1-34(2)55(68-52(72)10-7-6-8-21-69-53(73)19-20-54(69)74)57(76)66-35(3)56(75)67-40-15-11-36(12-16-40)38-24-41-30-64-46-28-50(48(79-4)26-44(46)58(77)70(41)32-38)81-22-9-23-82-51-29-47-45(27-49(51)80-5)59(78)71-33-39(25-42(71)31-65-47)37-13-17-43(18-14-37)83-60(61,62)63/h11-20,26-35,41-42,55H,6-10,21-25H2,1-5H3,(H,66,76)(H,67,75)(H,68,72)/t35?,41-,42-,55-/m0/s1. The Labute approximate surface area is 476 Å². The molecule has 0 saturated carbocycles. The summed E-state index contributed by atoms with van der Waals surface area (Å²) in [7, 11) is 2.93. The summed E-state index contributed by atoms with van der Waals surface area (Å²) in [6.07, 6.45) is 7.56. The van der Waals surface area contributed by atoms with Gasteiger partial charge in [-0.05, 0) is 84.4 Å². The van der Waals surface area contributed by atoms with Crippen molar-refractivity contribution in [3.05, 3.63) is 120 Å². The number of hydrogen-bond donors (Lipinski definition) is 3. The van der Waals surface area contributed by atoms with Gasteiger partial charge < -0.3 is 49.4 Å². The summed E-state index contributed by atoms with van der Waals surface area (Å²) in [5.41, 5.74) is 4.93.